The van der Waals surface area contributed by atoms with Crippen LogP contribution in [0.15, 0.2) is 71.2 Å². The van der Waals surface area contributed by atoms with Gasteiger partial charge in [0.1, 0.15) is 11.5 Å². The summed E-state index contributed by atoms with van der Waals surface area (Å²) in [6.45, 7) is 2.78. The number of carbonyl (C=O) groups excluding carboxylic acids is 8. The van der Waals surface area contributed by atoms with Crippen molar-refractivity contribution in [3.05, 3.63) is 94.6 Å². The molecule has 2 radical (unpaired) electrons. The third kappa shape index (κ3) is 36.4. The molecular weight excluding hydrogens is 1800 g/mol. The van der Waals surface area contributed by atoms with Gasteiger partial charge in [-0.15, -0.1) is 0 Å². The molecule has 1 atom stereocenters. The summed E-state index contributed by atoms with van der Waals surface area (Å²) < 4.78 is 24.9. The molecule has 2 amide bonds. The number of aromatic amines is 2. The normalized spacial score (nSPS) is 15.6. The van der Waals surface area contributed by atoms with Gasteiger partial charge >= 0.3 is 79.9 Å². The Kier molecular flexibility index (Phi) is 45.7. The van der Waals surface area contributed by atoms with Gasteiger partial charge in [0.05, 0.1) is 139 Å². The number of aliphatic carboxylic acids is 6. The number of aromatic nitrogens is 6. The van der Waals surface area contributed by atoms with E-state index in [0.717, 1.165) is 36.7 Å². The number of ether oxygens (including phenoxy) is 2. The number of imidazole rings is 2. The smallest absolute Gasteiger partial charge is 0.549 e. The van der Waals surface area contributed by atoms with Gasteiger partial charge in [0.2, 0.25) is 11.8 Å². The SMILES string of the molecule is O=C([O-])CN1CCN(CC(=O)[O-])CCN(CC(=O)NCCCCCOc2ccc3nc(S(=O)Cc4nccc(CO)c4CO)[nH]c3c2)CCN(CC(=O)[O-])CC1.O=C([O-])CN1CCN(CC(=O)[O-])CCN(CC(=O)NCCCCCOc2ccc3nc(SCc4nccc(CO)c4CO)[nH]c3c2)CCN(CC(=O)[O-])CC1.[Gd+3].[Gd+3]. The van der Waals surface area contributed by atoms with Gasteiger partial charge < -0.3 is 110 Å². The van der Waals surface area contributed by atoms with Gasteiger partial charge in [-0.05, 0) is 86.1 Å². The van der Waals surface area contributed by atoms with Crippen LogP contribution >= 0.6 is 11.8 Å². The van der Waals surface area contributed by atoms with Crippen molar-refractivity contribution in [2.24, 2.45) is 0 Å². The molecule has 6 heterocycles. The van der Waals surface area contributed by atoms with Crippen LogP contribution in [0.25, 0.3) is 22.1 Å². The molecule has 8 N–H and O–H groups in total. The number of fused-ring (bicyclic) bond motifs is 2. The molecule has 0 bridgehead atoms. The molecule has 6 aromatic rings. The fraction of sp³-hybridized carbons (Fsp3) is 0.556. The summed E-state index contributed by atoms with van der Waals surface area (Å²) in [7, 11) is -1.59. The van der Waals surface area contributed by atoms with Crippen LogP contribution in [-0.2, 0) is 87.1 Å². The number of carboxylic acid groups (broad SMARTS) is 6. The van der Waals surface area contributed by atoms with Crippen LogP contribution < -0.4 is 50.7 Å². The maximum atomic E-state index is 13.1. The van der Waals surface area contributed by atoms with Crippen molar-refractivity contribution >= 4 is 92.3 Å². The van der Waals surface area contributed by atoms with E-state index in [-0.39, 0.29) is 260 Å². The van der Waals surface area contributed by atoms with Gasteiger partial charge in [-0.2, -0.15) is 0 Å². The summed E-state index contributed by atoms with van der Waals surface area (Å²) in [6.07, 6.45) is 7.59. The minimum atomic E-state index is -1.59. The number of carboxylic acids is 6. The predicted octanol–water partition coefficient (Wildman–Crippen LogP) is -8.24. The van der Waals surface area contributed by atoms with Crippen molar-refractivity contribution in [2.75, 3.05) is 183 Å². The Morgan fingerprint density at radius 2 is 0.770 bits per heavy atom. The minimum Gasteiger partial charge on any atom is -0.549 e. The molecule has 2 aliphatic rings. The summed E-state index contributed by atoms with van der Waals surface area (Å²) in [5.74, 6) is -6.36. The van der Waals surface area contributed by atoms with Gasteiger partial charge in [-0.3, -0.25) is 63.0 Å². The van der Waals surface area contributed by atoms with Crippen molar-refractivity contribution in [3.63, 3.8) is 0 Å². The van der Waals surface area contributed by atoms with Gasteiger partial charge in [-0.25, -0.2) is 9.97 Å². The third-order valence-corrected chi connectivity index (χ3v) is 20.4. The number of hydrogen-bond acceptors (Lipinski definition) is 34. The molecule has 2 saturated heterocycles. The number of H-pyrrole nitrogens is 2. The van der Waals surface area contributed by atoms with Crippen LogP contribution in [0.2, 0.25) is 0 Å². The summed E-state index contributed by atoms with van der Waals surface area (Å²) in [6, 6.07) is 14.2. The number of nitrogens with zero attached hydrogens (tertiary/aromatic N) is 12. The molecule has 113 heavy (non-hydrogen) atoms. The second-order valence-corrected chi connectivity index (χ2v) is 28.9. The first kappa shape index (κ1) is 97.3. The van der Waals surface area contributed by atoms with E-state index in [4.69, 9.17) is 9.47 Å². The Labute approximate surface area is 724 Å². The molecule has 2 aromatic carbocycles. The Morgan fingerprint density at radius 1 is 0.434 bits per heavy atom. The second kappa shape index (κ2) is 53.1. The fourth-order valence-electron chi connectivity index (χ4n) is 12.4. The third-order valence-electron chi connectivity index (χ3n) is 18.4. The summed E-state index contributed by atoms with van der Waals surface area (Å²) in [5, 5.41) is 113. The first-order chi connectivity index (χ1) is 53.4. The largest absolute Gasteiger partial charge is 3.00 e. The van der Waals surface area contributed by atoms with Crippen molar-refractivity contribution < 1.29 is 183 Å². The Hall–Kier alpha value is -6.29. The average Bonchev–Trinajstić information content (AvgIpc) is 1.73. The number of aliphatic hydroxyl groups is 4. The molecule has 41 heteroatoms. The topological polar surface area (TPSA) is 524 Å². The number of nitrogens with one attached hydrogen (secondary N) is 4. The molecule has 0 spiro atoms. The summed E-state index contributed by atoms with van der Waals surface area (Å²) >= 11 is 1.44. The Bertz CT molecular complexity index is 3960. The van der Waals surface area contributed by atoms with Crippen LogP contribution in [0.5, 0.6) is 11.5 Å². The number of hydrogen-bond donors (Lipinski definition) is 8. The van der Waals surface area contributed by atoms with Crippen molar-refractivity contribution in [2.45, 2.75) is 86.8 Å². The van der Waals surface area contributed by atoms with E-state index in [0.29, 0.717) is 132 Å². The summed E-state index contributed by atoms with van der Waals surface area (Å²) in [4.78, 5) is 131. The zero-order valence-corrected chi connectivity index (χ0v) is 68.8. The maximum Gasteiger partial charge on any atom is 3.00 e. The Morgan fingerprint density at radius 3 is 1.12 bits per heavy atom. The maximum absolute atomic E-state index is 13.1. The van der Waals surface area contributed by atoms with Gasteiger partial charge in [0.25, 0.3) is 0 Å². The molecule has 2 fully saturated rings. The number of pyridine rings is 2. The molecule has 1 unspecified atom stereocenters. The van der Waals surface area contributed by atoms with E-state index in [1.165, 1.54) is 18.0 Å². The van der Waals surface area contributed by atoms with Gasteiger partial charge in [0, 0.05) is 198 Å². The van der Waals surface area contributed by atoms with Crippen molar-refractivity contribution in [3.8, 4) is 11.5 Å². The first-order valence-corrected chi connectivity index (χ1v) is 38.9. The number of aliphatic hydroxyl groups excluding tert-OH is 4. The van der Waals surface area contributed by atoms with Crippen LogP contribution in [0.4, 0.5) is 0 Å². The second-order valence-electron chi connectivity index (χ2n) is 26.6. The molecule has 37 nitrogen and oxygen atoms in total. The molecule has 4 aromatic heterocycles. The average molecular weight is 1900 g/mol. The van der Waals surface area contributed by atoms with Crippen LogP contribution in [-0.4, -0.2) is 325 Å². The minimum absolute atomic E-state index is 0. The van der Waals surface area contributed by atoms with E-state index < -0.39 is 46.6 Å². The van der Waals surface area contributed by atoms with Gasteiger partial charge in [0.15, 0.2) is 10.3 Å². The zero-order valence-electron chi connectivity index (χ0n) is 62.7. The molecule has 0 saturated carbocycles. The fourth-order valence-corrected chi connectivity index (χ4v) is 14.3. The van der Waals surface area contributed by atoms with E-state index in [1.54, 1.807) is 65.9 Å². The predicted molar refractivity (Wildman–Crippen MR) is 390 cm³/mol. The number of amides is 2. The quantitative estimate of drug-likeness (QED) is 0.0131. The first-order valence-electron chi connectivity index (χ1n) is 36.6. The van der Waals surface area contributed by atoms with Crippen molar-refractivity contribution in [1.82, 2.24) is 79.7 Å². The molecule has 8 rings (SSSR count). The number of unbranched alkanes of at least 4 members (excludes halogenated alkanes) is 4. The number of benzene rings is 2. The van der Waals surface area contributed by atoms with E-state index >= 15 is 0 Å². The summed E-state index contributed by atoms with van der Waals surface area (Å²) in [5.41, 5.74) is 6.20. The number of thioether (sulfide) groups is 1. The number of rotatable bonds is 40. The standard InChI is InChI=1S/C36H52N8O11S.C36H52N8O10S.2Gd/c45-23-26-6-8-37-31(28(26)24-46)25-56(54)36-39-29-5-4-27(18-30(29)40-36)55-17-3-1-2-7-38-32(47)19-41-9-11-42(20-33(48)49)13-15-44(22-35(52)53)16-14-43(12-10-41)21-34(50)51;45-23-26-6-8-37-31(28(26)24-46)25-55-36-39-29-5-4-27(18-30(29)40-36)54-17-3-1-2-7-38-32(47)19-41-9-11-42(20-33(48)49)13-15-44(22-35(52)53)16-14-43(12-10-41)21-34(50)51;;/h4-6,8,18,45-46H,1-3,7,9-17,19-25H2,(H,38,47)(H,39,40)(H,48,49)(H,50,51)(H,52,53);4-6,8,18,45-46H,1-3,7,9-17,19-25H2,(H,38,47)(H,39,40)(H,48,49)(H,50,51)(H,52,53);;/q;;2*+3/p-6. The molecule has 0 aliphatic carbocycles. The monoisotopic (exact) mass is 1900 g/mol. The van der Waals surface area contributed by atoms with E-state index in [1.807, 2.05) is 28.0 Å². The molecular formula is C72H98Gd2N16O21S2. The van der Waals surface area contributed by atoms with Crippen LogP contribution in [0, 0.1) is 79.9 Å². The molecule has 620 valence electrons. The molecule has 2 aliphatic heterocycles. The van der Waals surface area contributed by atoms with Crippen LogP contribution in [0.1, 0.15) is 72.2 Å². The number of carbonyl (C=O) groups is 8. The van der Waals surface area contributed by atoms with E-state index in [9.17, 15) is 93.6 Å². The van der Waals surface area contributed by atoms with Crippen molar-refractivity contribution in [1.29, 1.82) is 0 Å². The van der Waals surface area contributed by atoms with E-state index in [2.05, 4.69) is 40.5 Å². The zero-order chi connectivity index (χ0) is 80.0. The van der Waals surface area contributed by atoms with Crippen LogP contribution in [0.3, 0.4) is 0 Å². The Balaban J connectivity index is 0.000000397. The van der Waals surface area contributed by atoms with Gasteiger partial charge in [-0.1, -0.05) is 11.8 Å².